The molecule has 0 aliphatic carbocycles. The molecule has 0 radical (unpaired) electrons. The van der Waals surface area contributed by atoms with Gasteiger partial charge < -0.3 is 29.0 Å². The summed E-state index contributed by atoms with van der Waals surface area (Å²) in [5, 5.41) is 32.2. The standard InChI is InChI=1S/C22H20N4O5/c1-25-7-6-12-18(25)16-17(14-8-11-4-2-3-5-13(11)30-14)23-10-24-21(16)26(12)22-20(29)19(28)15(9-27)31-22/h2-8,10,15,19-20,22,27-29H,9H2,1H3/t15-,19-,20-,22-/m1/s1. The van der Waals surface area contributed by atoms with Gasteiger partial charge in [-0.25, -0.2) is 9.97 Å². The van der Waals surface area contributed by atoms with Gasteiger partial charge in [0, 0.05) is 18.6 Å². The second kappa shape index (κ2) is 6.63. The van der Waals surface area contributed by atoms with Gasteiger partial charge in [-0.2, -0.15) is 0 Å². The predicted octanol–water partition coefficient (Wildman–Crippen LogP) is 1.95. The van der Waals surface area contributed by atoms with E-state index < -0.39 is 31.1 Å². The molecular formula is C22H20N4O5. The molecule has 1 aliphatic heterocycles. The molecule has 0 unspecified atom stereocenters. The smallest absolute Gasteiger partial charge is 0.165 e. The molecule has 9 nitrogen and oxygen atoms in total. The number of hydrogen-bond donors (Lipinski definition) is 3. The minimum atomic E-state index is -1.22. The Labute approximate surface area is 175 Å². The largest absolute Gasteiger partial charge is 0.454 e. The molecule has 31 heavy (non-hydrogen) atoms. The first-order valence-electron chi connectivity index (χ1n) is 10.00. The highest BCUT2D eigenvalue weighted by molar-refractivity contribution is 6.11. The molecule has 9 heteroatoms. The number of furan rings is 1. The van der Waals surface area contributed by atoms with Gasteiger partial charge in [0.15, 0.2) is 12.0 Å². The van der Waals surface area contributed by atoms with Crippen molar-refractivity contribution in [3.05, 3.63) is 48.9 Å². The van der Waals surface area contributed by atoms with Crippen LogP contribution < -0.4 is 0 Å². The first-order chi connectivity index (χ1) is 15.1. The number of aliphatic hydroxyl groups is 3. The number of rotatable bonds is 3. The van der Waals surface area contributed by atoms with Gasteiger partial charge in [0.1, 0.15) is 41.6 Å². The average molecular weight is 420 g/mol. The summed E-state index contributed by atoms with van der Waals surface area (Å²) in [5.41, 5.74) is 3.55. The molecule has 5 heterocycles. The summed E-state index contributed by atoms with van der Waals surface area (Å²) in [4.78, 5) is 9.01. The lowest BCUT2D eigenvalue weighted by Crippen LogP contribution is -2.33. The Hall–Kier alpha value is -3.24. The molecule has 0 amide bonds. The summed E-state index contributed by atoms with van der Waals surface area (Å²) in [6, 6.07) is 11.6. The number of ether oxygens (including phenoxy) is 1. The van der Waals surface area contributed by atoms with Crippen LogP contribution in [-0.4, -0.2) is 59.3 Å². The molecule has 1 saturated heterocycles. The van der Waals surface area contributed by atoms with Gasteiger partial charge in [-0.15, -0.1) is 0 Å². The molecule has 4 aromatic heterocycles. The molecular weight excluding hydrogens is 400 g/mol. The molecule has 0 bridgehead atoms. The third-order valence-electron chi connectivity index (χ3n) is 6.03. The van der Waals surface area contributed by atoms with Crippen LogP contribution in [0.5, 0.6) is 0 Å². The Kier molecular flexibility index (Phi) is 3.96. The lowest BCUT2D eigenvalue weighted by molar-refractivity contribution is -0.0489. The second-order valence-electron chi connectivity index (χ2n) is 7.83. The summed E-state index contributed by atoms with van der Waals surface area (Å²) in [5.74, 6) is 0.606. The van der Waals surface area contributed by atoms with E-state index in [0.717, 1.165) is 27.4 Å². The van der Waals surface area contributed by atoms with E-state index in [1.165, 1.54) is 6.33 Å². The van der Waals surface area contributed by atoms with Crippen molar-refractivity contribution in [2.24, 2.45) is 7.05 Å². The number of para-hydroxylation sites is 1. The summed E-state index contributed by atoms with van der Waals surface area (Å²) < 4.78 is 15.6. The Morgan fingerprint density at radius 2 is 1.94 bits per heavy atom. The molecule has 4 atom stereocenters. The predicted molar refractivity (Wildman–Crippen MR) is 112 cm³/mol. The zero-order valence-electron chi connectivity index (χ0n) is 16.6. The maximum Gasteiger partial charge on any atom is 0.165 e. The first-order valence-corrected chi connectivity index (χ1v) is 10.00. The van der Waals surface area contributed by atoms with Crippen LogP contribution >= 0.6 is 0 Å². The number of hydrogen-bond acceptors (Lipinski definition) is 7. The molecule has 0 spiro atoms. The average Bonchev–Trinajstić information content (AvgIpc) is 3.52. The van der Waals surface area contributed by atoms with Crippen molar-refractivity contribution in [1.82, 2.24) is 19.1 Å². The zero-order chi connectivity index (χ0) is 21.3. The summed E-state index contributed by atoms with van der Waals surface area (Å²) in [6.07, 6.45) is -0.872. The quantitative estimate of drug-likeness (QED) is 0.408. The lowest BCUT2D eigenvalue weighted by atomic mass is 10.1. The van der Waals surface area contributed by atoms with Crippen LogP contribution in [0.3, 0.4) is 0 Å². The van der Waals surface area contributed by atoms with Crippen LogP contribution in [0.15, 0.2) is 53.3 Å². The van der Waals surface area contributed by atoms with E-state index in [1.54, 1.807) is 4.57 Å². The van der Waals surface area contributed by atoms with Crippen LogP contribution in [0.4, 0.5) is 0 Å². The van der Waals surface area contributed by atoms with Crippen molar-refractivity contribution in [2.45, 2.75) is 24.5 Å². The minimum Gasteiger partial charge on any atom is -0.454 e. The highest BCUT2D eigenvalue weighted by Crippen LogP contribution is 2.41. The van der Waals surface area contributed by atoms with Gasteiger partial charge in [0.25, 0.3) is 0 Å². The van der Waals surface area contributed by atoms with Gasteiger partial charge >= 0.3 is 0 Å². The fourth-order valence-corrected chi connectivity index (χ4v) is 4.54. The van der Waals surface area contributed by atoms with E-state index in [1.807, 2.05) is 54.2 Å². The molecule has 6 rings (SSSR count). The SMILES string of the molecule is Cn1ccc2c1c1c(-c3cc4ccccc4o3)ncnc1n2[C@@H]1O[C@H](CO)[C@@H](O)[C@H]1O. The molecule has 1 aliphatic rings. The van der Waals surface area contributed by atoms with Gasteiger partial charge in [-0.1, -0.05) is 18.2 Å². The highest BCUT2D eigenvalue weighted by atomic mass is 16.6. The molecule has 5 aromatic rings. The number of benzene rings is 1. The molecule has 3 N–H and O–H groups in total. The summed E-state index contributed by atoms with van der Waals surface area (Å²) >= 11 is 0. The number of nitrogens with zero attached hydrogens (tertiary/aromatic N) is 4. The summed E-state index contributed by atoms with van der Waals surface area (Å²) in [7, 11) is 1.92. The topological polar surface area (TPSA) is 119 Å². The van der Waals surface area contributed by atoms with Crippen molar-refractivity contribution < 1.29 is 24.5 Å². The number of fused-ring (bicyclic) bond motifs is 4. The molecule has 158 valence electrons. The fraction of sp³-hybridized carbons (Fsp3) is 0.273. The van der Waals surface area contributed by atoms with Crippen molar-refractivity contribution in [1.29, 1.82) is 0 Å². The Balaban J connectivity index is 1.64. The fourth-order valence-electron chi connectivity index (χ4n) is 4.54. The van der Waals surface area contributed by atoms with E-state index in [9.17, 15) is 15.3 Å². The van der Waals surface area contributed by atoms with E-state index in [-0.39, 0.29) is 0 Å². The maximum atomic E-state index is 10.7. The minimum absolute atomic E-state index is 0.398. The van der Waals surface area contributed by atoms with Crippen LogP contribution in [0.1, 0.15) is 6.23 Å². The molecule has 1 aromatic carbocycles. The third kappa shape index (κ3) is 2.52. The first kappa shape index (κ1) is 18.5. The van der Waals surface area contributed by atoms with Gasteiger partial charge in [-0.05, 0) is 18.2 Å². The van der Waals surface area contributed by atoms with Crippen molar-refractivity contribution in [3.8, 4) is 11.5 Å². The Morgan fingerprint density at radius 1 is 1.10 bits per heavy atom. The number of aromatic nitrogens is 4. The monoisotopic (exact) mass is 420 g/mol. The van der Waals surface area contributed by atoms with E-state index >= 15 is 0 Å². The van der Waals surface area contributed by atoms with Gasteiger partial charge in [0.05, 0.1) is 23.0 Å². The highest BCUT2D eigenvalue weighted by Gasteiger charge is 2.44. The Morgan fingerprint density at radius 3 is 2.71 bits per heavy atom. The zero-order valence-corrected chi connectivity index (χ0v) is 16.6. The maximum absolute atomic E-state index is 10.7. The van der Waals surface area contributed by atoms with E-state index in [4.69, 9.17) is 9.15 Å². The second-order valence-corrected chi connectivity index (χ2v) is 7.83. The summed E-state index contributed by atoms with van der Waals surface area (Å²) in [6.45, 7) is -0.398. The third-order valence-corrected chi connectivity index (χ3v) is 6.03. The van der Waals surface area contributed by atoms with Crippen molar-refractivity contribution >= 4 is 33.0 Å². The Bertz CT molecular complexity index is 1400. The number of aliphatic hydroxyl groups excluding tert-OH is 3. The van der Waals surface area contributed by atoms with Crippen molar-refractivity contribution in [3.63, 3.8) is 0 Å². The van der Waals surface area contributed by atoms with E-state index in [2.05, 4.69) is 9.97 Å². The normalized spacial score (nSPS) is 24.1. The van der Waals surface area contributed by atoms with E-state index in [0.29, 0.717) is 17.1 Å². The van der Waals surface area contributed by atoms with Crippen LogP contribution in [0.25, 0.3) is 44.5 Å². The van der Waals surface area contributed by atoms with Crippen LogP contribution in [0.2, 0.25) is 0 Å². The van der Waals surface area contributed by atoms with Crippen LogP contribution in [0, 0.1) is 0 Å². The lowest BCUT2D eigenvalue weighted by Gasteiger charge is -2.18. The van der Waals surface area contributed by atoms with Gasteiger partial charge in [0.2, 0.25) is 0 Å². The molecule has 0 saturated carbocycles. The number of aryl methyl sites for hydroxylation is 1. The van der Waals surface area contributed by atoms with Crippen LogP contribution in [-0.2, 0) is 11.8 Å². The van der Waals surface area contributed by atoms with Crippen molar-refractivity contribution in [2.75, 3.05) is 6.61 Å². The van der Waals surface area contributed by atoms with Gasteiger partial charge in [-0.3, -0.25) is 4.57 Å². The molecule has 1 fully saturated rings.